The van der Waals surface area contributed by atoms with E-state index in [1.54, 1.807) is 7.11 Å². The van der Waals surface area contributed by atoms with Crippen LogP contribution in [0, 0.1) is 0 Å². The molecule has 0 atom stereocenters. The zero-order valence-corrected chi connectivity index (χ0v) is 10.8. The normalized spacial score (nSPS) is 10.8. The predicted octanol–water partition coefficient (Wildman–Crippen LogP) is -0.920. The maximum atomic E-state index is 11.4. The molecule has 0 unspecified atom stereocenters. The molecule has 0 aliphatic carbocycles. The lowest BCUT2D eigenvalue weighted by Crippen LogP contribution is -2.37. The fraction of sp³-hybridized carbons (Fsp3) is 0.909. The first-order chi connectivity index (χ1) is 8.20. The molecule has 6 nitrogen and oxygen atoms in total. The van der Waals surface area contributed by atoms with Crippen molar-refractivity contribution in [2.24, 2.45) is 0 Å². The third-order valence-electron chi connectivity index (χ3n) is 2.11. The number of carbonyl (C=O) groups is 1. The molecule has 0 heterocycles. The van der Waals surface area contributed by atoms with E-state index in [1.165, 1.54) is 0 Å². The molecule has 0 saturated carbocycles. The number of likely N-dealkylation sites (N-methyl/N-ethyl adjacent to an activating group) is 1. The summed E-state index contributed by atoms with van der Waals surface area (Å²) in [6.07, 6.45) is 0.825. The summed E-state index contributed by atoms with van der Waals surface area (Å²) in [5.74, 6) is 0.00533. The smallest absolute Gasteiger partial charge is 0.234 e. The van der Waals surface area contributed by atoms with E-state index in [2.05, 4.69) is 5.32 Å². The first-order valence-electron chi connectivity index (χ1n) is 5.83. The van der Waals surface area contributed by atoms with Crippen LogP contribution in [0.15, 0.2) is 0 Å². The van der Waals surface area contributed by atoms with Crippen molar-refractivity contribution in [1.82, 2.24) is 10.2 Å². The fourth-order valence-corrected chi connectivity index (χ4v) is 1.21. The zero-order valence-electron chi connectivity index (χ0n) is 10.8. The third kappa shape index (κ3) is 11.6. The average molecular weight is 248 g/mol. The van der Waals surface area contributed by atoms with Crippen LogP contribution in [-0.4, -0.2) is 76.1 Å². The van der Waals surface area contributed by atoms with Crippen LogP contribution in [0.2, 0.25) is 0 Å². The molecule has 6 heteroatoms. The van der Waals surface area contributed by atoms with Crippen molar-refractivity contribution in [2.75, 3.05) is 60.2 Å². The summed E-state index contributed by atoms with van der Waals surface area (Å²) in [5.41, 5.74) is 0. The van der Waals surface area contributed by atoms with Crippen molar-refractivity contribution in [2.45, 2.75) is 6.42 Å². The largest absolute Gasteiger partial charge is 0.394 e. The minimum absolute atomic E-state index is 0.00533. The van der Waals surface area contributed by atoms with Gasteiger partial charge in [0.25, 0.3) is 0 Å². The lowest BCUT2D eigenvalue weighted by Gasteiger charge is -2.16. The number of nitrogens with zero attached hydrogens (tertiary/aromatic N) is 1. The first-order valence-corrected chi connectivity index (χ1v) is 5.83. The minimum Gasteiger partial charge on any atom is -0.394 e. The second kappa shape index (κ2) is 11.8. The number of rotatable bonds is 11. The highest BCUT2D eigenvalue weighted by molar-refractivity contribution is 5.77. The Bertz CT molecular complexity index is 190. The monoisotopic (exact) mass is 248 g/mol. The van der Waals surface area contributed by atoms with Crippen LogP contribution in [0.4, 0.5) is 0 Å². The van der Waals surface area contributed by atoms with Gasteiger partial charge in [-0.15, -0.1) is 0 Å². The molecule has 2 N–H and O–H groups in total. The van der Waals surface area contributed by atoms with Gasteiger partial charge in [-0.05, 0) is 13.5 Å². The zero-order chi connectivity index (χ0) is 12.9. The number of aliphatic hydroxyl groups is 1. The van der Waals surface area contributed by atoms with Gasteiger partial charge in [-0.25, -0.2) is 0 Å². The van der Waals surface area contributed by atoms with Crippen molar-refractivity contribution in [3.05, 3.63) is 0 Å². The van der Waals surface area contributed by atoms with Gasteiger partial charge in [0.2, 0.25) is 5.91 Å². The SMILES string of the molecule is COCCCNC(=O)CN(C)CCOCCO. The molecule has 0 spiro atoms. The molecule has 0 saturated heterocycles. The van der Waals surface area contributed by atoms with Crippen molar-refractivity contribution in [3.63, 3.8) is 0 Å². The van der Waals surface area contributed by atoms with Gasteiger partial charge in [0.1, 0.15) is 0 Å². The first kappa shape index (κ1) is 16.3. The molecule has 0 aliphatic rings. The molecular weight excluding hydrogens is 224 g/mol. The fourth-order valence-electron chi connectivity index (χ4n) is 1.21. The number of carbonyl (C=O) groups excluding carboxylic acids is 1. The Hall–Kier alpha value is -0.690. The van der Waals surface area contributed by atoms with Crippen molar-refractivity contribution in [1.29, 1.82) is 0 Å². The number of amides is 1. The van der Waals surface area contributed by atoms with Gasteiger partial charge in [-0.3, -0.25) is 9.69 Å². The second-order valence-electron chi connectivity index (χ2n) is 3.77. The highest BCUT2D eigenvalue weighted by atomic mass is 16.5. The number of methoxy groups -OCH3 is 1. The van der Waals surface area contributed by atoms with Crippen molar-refractivity contribution in [3.8, 4) is 0 Å². The van der Waals surface area contributed by atoms with Gasteiger partial charge in [0, 0.05) is 26.8 Å². The Morgan fingerprint density at radius 1 is 1.35 bits per heavy atom. The Kier molecular flexibility index (Phi) is 11.3. The number of hydrogen-bond donors (Lipinski definition) is 2. The molecule has 17 heavy (non-hydrogen) atoms. The average Bonchev–Trinajstić information content (AvgIpc) is 2.30. The van der Waals surface area contributed by atoms with E-state index < -0.39 is 0 Å². The standard InChI is InChI=1S/C11H24N2O4/c1-13(5-8-17-9-6-14)10-11(15)12-4-3-7-16-2/h14H,3-10H2,1-2H3,(H,12,15). The lowest BCUT2D eigenvalue weighted by molar-refractivity contribution is -0.122. The number of ether oxygens (including phenoxy) is 2. The maximum Gasteiger partial charge on any atom is 0.234 e. The van der Waals surface area contributed by atoms with Gasteiger partial charge >= 0.3 is 0 Å². The number of hydrogen-bond acceptors (Lipinski definition) is 5. The van der Waals surface area contributed by atoms with Gasteiger partial charge < -0.3 is 19.9 Å². The predicted molar refractivity (Wildman–Crippen MR) is 64.9 cm³/mol. The van der Waals surface area contributed by atoms with E-state index in [0.717, 1.165) is 6.42 Å². The van der Waals surface area contributed by atoms with Crippen LogP contribution in [0.25, 0.3) is 0 Å². The molecule has 0 aromatic carbocycles. The highest BCUT2D eigenvalue weighted by Crippen LogP contribution is 1.84. The summed E-state index contributed by atoms with van der Waals surface area (Å²) in [6, 6.07) is 0. The Morgan fingerprint density at radius 3 is 2.76 bits per heavy atom. The summed E-state index contributed by atoms with van der Waals surface area (Å²) in [5, 5.41) is 11.3. The van der Waals surface area contributed by atoms with E-state index in [-0.39, 0.29) is 12.5 Å². The molecule has 0 aliphatic heterocycles. The summed E-state index contributed by atoms with van der Waals surface area (Å²) in [7, 11) is 3.50. The van der Waals surface area contributed by atoms with Crippen LogP contribution >= 0.6 is 0 Å². The highest BCUT2D eigenvalue weighted by Gasteiger charge is 2.05. The molecule has 1 amide bonds. The second-order valence-corrected chi connectivity index (χ2v) is 3.77. The van der Waals surface area contributed by atoms with Crippen LogP contribution in [0.5, 0.6) is 0 Å². The van der Waals surface area contributed by atoms with Crippen LogP contribution < -0.4 is 5.32 Å². The summed E-state index contributed by atoms with van der Waals surface area (Å²) in [6.45, 7) is 3.22. The summed E-state index contributed by atoms with van der Waals surface area (Å²) in [4.78, 5) is 13.3. The van der Waals surface area contributed by atoms with Gasteiger partial charge in [0.15, 0.2) is 0 Å². The lowest BCUT2D eigenvalue weighted by atomic mass is 10.4. The van der Waals surface area contributed by atoms with E-state index in [1.807, 2.05) is 11.9 Å². The molecule has 0 aromatic rings. The van der Waals surface area contributed by atoms with Crippen LogP contribution in [-0.2, 0) is 14.3 Å². The Morgan fingerprint density at radius 2 is 2.12 bits per heavy atom. The maximum absolute atomic E-state index is 11.4. The van der Waals surface area contributed by atoms with Crippen molar-refractivity contribution >= 4 is 5.91 Å². The number of aliphatic hydroxyl groups excluding tert-OH is 1. The number of nitrogens with one attached hydrogen (secondary N) is 1. The molecule has 0 fully saturated rings. The molecule has 0 rings (SSSR count). The van der Waals surface area contributed by atoms with Crippen LogP contribution in [0.1, 0.15) is 6.42 Å². The van der Waals surface area contributed by atoms with Gasteiger partial charge in [0.05, 0.1) is 26.4 Å². The van der Waals surface area contributed by atoms with E-state index in [9.17, 15) is 4.79 Å². The molecule has 0 bridgehead atoms. The van der Waals surface area contributed by atoms with Gasteiger partial charge in [-0.2, -0.15) is 0 Å². The van der Waals surface area contributed by atoms with Crippen molar-refractivity contribution < 1.29 is 19.4 Å². The third-order valence-corrected chi connectivity index (χ3v) is 2.11. The minimum atomic E-state index is 0.00533. The van der Waals surface area contributed by atoms with E-state index >= 15 is 0 Å². The molecule has 102 valence electrons. The van der Waals surface area contributed by atoms with Crippen LogP contribution in [0.3, 0.4) is 0 Å². The molecular formula is C11H24N2O4. The quantitative estimate of drug-likeness (QED) is 0.463. The Labute approximate surface area is 103 Å². The Balaban J connectivity index is 3.38. The molecule has 0 aromatic heterocycles. The van der Waals surface area contributed by atoms with Gasteiger partial charge in [-0.1, -0.05) is 0 Å². The van der Waals surface area contributed by atoms with E-state index in [0.29, 0.717) is 39.5 Å². The molecule has 0 radical (unpaired) electrons. The topological polar surface area (TPSA) is 71.0 Å². The summed E-state index contributed by atoms with van der Waals surface area (Å²) >= 11 is 0. The van der Waals surface area contributed by atoms with E-state index in [4.69, 9.17) is 14.6 Å². The summed E-state index contributed by atoms with van der Waals surface area (Å²) < 4.78 is 9.99.